The maximum atomic E-state index is 14.3. The maximum absolute atomic E-state index is 14.3. The second kappa shape index (κ2) is 8.04. The Morgan fingerprint density at radius 2 is 2.08 bits per heavy atom. The Morgan fingerprint density at radius 3 is 2.80 bits per heavy atom. The summed E-state index contributed by atoms with van der Waals surface area (Å²) in [5.74, 6) is -1.26. The summed E-state index contributed by atoms with van der Waals surface area (Å²) < 4.78 is 19.6. The van der Waals surface area contributed by atoms with Gasteiger partial charge in [0.2, 0.25) is 0 Å². The van der Waals surface area contributed by atoms with Crippen LogP contribution in [0.25, 0.3) is 18.2 Å². The molecule has 2 heterocycles. The Balaban J connectivity index is 1.69. The Labute approximate surface area is 148 Å². The van der Waals surface area contributed by atoms with E-state index >= 15 is 0 Å². The standard InChI is InChI=1S/C18H17FN2O3S/c19-15-11-13(1-4-16(15)21-7-9-24-10-8-21)2-5-17-20-12-14(25-17)3-6-18(22)23/h1-6,11-12H,7-10H2,(H,22,23). The van der Waals surface area contributed by atoms with E-state index in [4.69, 9.17) is 9.84 Å². The zero-order valence-electron chi connectivity index (χ0n) is 13.4. The molecule has 7 heteroatoms. The number of halogens is 1. The lowest BCUT2D eigenvalue weighted by Gasteiger charge is -2.29. The van der Waals surface area contributed by atoms with Crippen LogP contribution in [0.15, 0.2) is 30.5 Å². The molecule has 0 spiro atoms. The van der Waals surface area contributed by atoms with Crippen LogP contribution in [0.3, 0.4) is 0 Å². The molecule has 0 bridgehead atoms. The molecule has 0 saturated carbocycles. The van der Waals surface area contributed by atoms with Crippen LogP contribution in [0, 0.1) is 5.82 Å². The molecule has 0 aliphatic carbocycles. The fourth-order valence-electron chi connectivity index (χ4n) is 2.46. The van der Waals surface area contributed by atoms with Gasteiger partial charge in [0.25, 0.3) is 0 Å². The molecule has 0 amide bonds. The Morgan fingerprint density at radius 1 is 1.28 bits per heavy atom. The molecule has 3 rings (SSSR count). The van der Waals surface area contributed by atoms with Crippen LogP contribution < -0.4 is 4.90 Å². The van der Waals surface area contributed by atoms with E-state index in [1.54, 1.807) is 24.4 Å². The number of carboxylic acids is 1. The lowest BCUT2D eigenvalue weighted by Crippen LogP contribution is -2.36. The minimum Gasteiger partial charge on any atom is -0.478 e. The lowest BCUT2D eigenvalue weighted by molar-refractivity contribution is -0.131. The molecule has 25 heavy (non-hydrogen) atoms. The van der Waals surface area contributed by atoms with E-state index in [1.165, 1.54) is 23.5 Å². The highest BCUT2D eigenvalue weighted by Crippen LogP contribution is 2.23. The van der Waals surface area contributed by atoms with E-state index in [-0.39, 0.29) is 5.82 Å². The van der Waals surface area contributed by atoms with Crippen molar-refractivity contribution in [1.82, 2.24) is 4.98 Å². The average molecular weight is 360 g/mol. The average Bonchev–Trinajstić information content (AvgIpc) is 3.07. The Kier molecular flexibility index (Phi) is 5.57. The van der Waals surface area contributed by atoms with Crippen molar-refractivity contribution in [3.63, 3.8) is 0 Å². The molecule has 0 radical (unpaired) electrons. The number of carboxylic acid groups (broad SMARTS) is 1. The third kappa shape index (κ3) is 4.74. The zero-order valence-corrected chi connectivity index (χ0v) is 14.2. The topological polar surface area (TPSA) is 62.7 Å². The number of anilines is 1. The lowest BCUT2D eigenvalue weighted by atomic mass is 10.1. The molecule has 5 nitrogen and oxygen atoms in total. The van der Waals surface area contributed by atoms with Crippen molar-refractivity contribution in [2.45, 2.75) is 0 Å². The van der Waals surface area contributed by atoms with Crippen LogP contribution in [-0.4, -0.2) is 42.4 Å². The van der Waals surface area contributed by atoms with Gasteiger partial charge in [-0.05, 0) is 29.8 Å². The third-order valence-electron chi connectivity index (χ3n) is 3.67. The van der Waals surface area contributed by atoms with E-state index < -0.39 is 5.97 Å². The zero-order chi connectivity index (χ0) is 17.6. The first-order chi connectivity index (χ1) is 12.1. The number of ether oxygens (including phenoxy) is 1. The summed E-state index contributed by atoms with van der Waals surface area (Å²) in [6, 6.07) is 5.15. The van der Waals surface area contributed by atoms with E-state index in [0.29, 0.717) is 32.0 Å². The van der Waals surface area contributed by atoms with E-state index in [2.05, 4.69) is 4.98 Å². The molecule has 1 aliphatic rings. The number of nitrogens with zero attached hydrogens (tertiary/aromatic N) is 2. The van der Waals surface area contributed by atoms with Crippen LogP contribution in [0.2, 0.25) is 0 Å². The number of rotatable bonds is 5. The van der Waals surface area contributed by atoms with Gasteiger partial charge in [-0.3, -0.25) is 0 Å². The number of benzene rings is 1. The predicted octanol–water partition coefficient (Wildman–Crippen LogP) is 3.39. The smallest absolute Gasteiger partial charge is 0.328 e. The number of hydrogen-bond acceptors (Lipinski definition) is 5. The van der Waals surface area contributed by atoms with Crippen LogP contribution in [-0.2, 0) is 9.53 Å². The quantitative estimate of drug-likeness (QED) is 0.828. The second-order valence-corrected chi connectivity index (χ2v) is 6.51. The minimum absolute atomic E-state index is 0.256. The fourth-order valence-corrected chi connectivity index (χ4v) is 3.19. The summed E-state index contributed by atoms with van der Waals surface area (Å²) >= 11 is 1.36. The number of aromatic nitrogens is 1. The van der Waals surface area contributed by atoms with Crippen molar-refractivity contribution in [3.05, 3.63) is 51.7 Å². The van der Waals surface area contributed by atoms with E-state index in [1.807, 2.05) is 11.0 Å². The van der Waals surface area contributed by atoms with E-state index in [0.717, 1.165) is 21.5 Å². The summed E-state index contributed by atoms with van der Waals surface area (Å²) in [5.41, 5.74) is 1.34. The number of morpholine rings is 1. The Hall–Kier alpha value is -2.51. The molecule has 1 saturated heterocycles. The molecule has 0 unspecified atom stereocenters. The molecular weight excluding hydrogens is 343 g/mol. The molecule has 0 atom stereocenters. The highest BCUT2D eigenvalue weighted by molar-refractivity contribution is 7.13. The van der Waals surface area contributed by atoms with Crippen molar-refractivity contribution in [3.8, 4) is 0 Å². The van der Waals surface area contributed by atoms with Gasteiger partial charge in [-0.15, -0.1) is 11.3 Å². The molecule has 1 aliphatic heterocycles. The van der Waals surface area contributed by atoms with Crippen molar-refractivity contribution in [2.24, 2.45) is 0 Å². The van der Waals surface area contributed by atoms with Crippen molar-refractivity contribution >= 4 is 41.2 Å². The molecular formula is C18H17FN2O3S. The summed E-state index contributed by atoms with van der Waals surface area (Å²) in [7, 11) is 0. The molecule has 1 fully saturated rings. The van der Waals surface area contributed by atoms with Gasteiger partial charge in [0.1, 0.15) is 10.8 Å². The van der Waals surface area contributed by atoms with Gasteiger partial charge in [0, 0.05) is 30.2 Å². The van der Waals surface area contributed by atoms with E-state index in [9.17, 15) is 9.18 Å². The van der Waals surface area contributed by atoms with Gasteiger partial charge in [-0.2, -0.15) is 0 Å². The highest BCUT2D eigenvalue weighted by Gasteiger charge is 2.14. The largest absolute Gasteiger partial charge is 0.478 e. The molecule has 1 N–H and O–H groups in total. The van der Waals surface area contributed by atoms with Crippen LogP contribution in [0.1, 0.15) is 15.4 Å². The first-order valence-electron chi connectivity index (χ1n) is 7.79. The molecule has 1 aromatic carbocycles. The first-order valence-corrected chi connectivity index (χ1v) is 8.60. The fraction of sp³-hybridized carbons (Fsp3) is 0.222. The van der Waals surface area contributed by atoms with Crippen molar-refractivity contribution < 1.29 is 19.0 Å². The van der Waals surface area contributed by atoms with Gasteiger partial charge in [0.05, 0.1) is 18.9 Å². The maximum Gasteiger partial charge on any atom is 0.328 e. The summed E-state index contributed by atoms with van der Waals surface area (Å²) in [6.07, 6.45) is 7.74. The third-order valence-corrected chi connectivity index (χ3v) is 4.60. The summed E-state index contributed by atoms with van der Waals surface area (Å²) in [6.45, 7) is 2.61. The van der Waals surface area contributed by atoms with Gasteiger partial charge < -0.3 is 14.7 Å². The van der Waals surface area contributed by atoms with Crippen molar-refractivity contribution in [2.75, 3.05) is 31.2 Å². The van der Waals surface area contributed by atoms with Crippen LogP contribution in [0.5, 0.6) is 0 Å². The van der Waals surface area contributed by atoms with Gasteiger partial charge >= 0.3 is 5.97 Å². The number of carbonyl (C=O) groups is 1. The number of aliphatic carboxylic acids is 1. The molecule has 1 aromatic heterocycles. The Bertz CT molecular complexity index is 810. The first kappa shape index (κ1) is 17.3. The molecule has 2 aromatic rings. The highest BCUT2D eigenvalue weighted by atomic mass is 32.1. The summed E-state index contributed by atoms with van der Waals surface area (Å²) in [5, 5.41) is 9.34. The number of thiazole rings is 1. The number of hydrogen-bond donors (Lipinski definition) is 1. The van der Waals surface area contributed by atoms with Gasteiger partial charge in [0.15, 0.2) is 0 Å². The van der Waals surface area contributed by atoms with Crippen LogP contribution >= 0.6 is 11.3 Å². The van der Waals surface area contributed by atoms with Crippen molar-refractivity contribution in [1.29, 1.82) is 0 Å². The van der Waals surface area contributed by atoms with Gasteiger partial charge in [-0.1, -0.05) is 12.1 Å². The summed E-state index contributed by atoms with van der Waals surface area (Å²) in [4.78, 5) is 17.4. The second-order valence-electron chi connectivity index (χ2n) is 5.42. The van der Waals surface area contributed by atoms with Crippen LogP contribution in [0.4, 0.5) is 10.1 Å². The van der Waals surface area contributed by atoms with Gasteiger partial charge in [-0.25, -0.2) is 14.2 Å². The predicted molar refractivity (Wildman–Crippen MR) is 97.1 cm³/mol. The molecule has 130 valence electrons. The monoisotopic (exact) mass is 360 g/mol. The normalized spacial score (nSPS) is 15.3. The SMILES string of the molecule is O=C(O)C=Cc1cnc(C=Cc2ccc(N3CCOCC3)c(F)c2)s1. The minimum atomic E-state index is -0.999.